The molecule has 0 bridgehead atoms. The minimum atomic E-state index is -4.82. The predicted molar refractivity (Wildman–Crippen MR) is 141 cm³/mol. The van der Waals surface area contributed by atoms with Crippen molar-refractivity contribution in [3.8, 4) is 5.75 Å². The molecule has 4 rings (SSSR count). The van der Waals surface area contributed by atoms with Gasteiger partial charge >= 0.3 is 18.5 Å². The Kier molecular flexibility index (Phi) is 9.47. The monoisotopic (exact) mass is 631 g/mol. The summed E-state index contributed by atoms with van der Waals surface area (Å²) in [5.41, 5.74) is -3.34. The van der Waals surface area contributed by atoms with Crippen molar-refractivity contribution >= 4 is 5.69 Å². The van der Waals surface area contributed by atoms with Crippen LogP contribution in [0.3, 0.4) is 0 Å². The van der Waals surface area contributed by atoms with Crippen LogP contribution in [0.1, 0.15) is 39.4 Å². The molecule has 0 aliphatic carbocycles. The second-order valence-electron chi connectivity index (χ2n) is 9.74. The first-order chi connectivity index (χ1) is 20.6. The van der Waals surface area contributed by atoms with Crippen LogP contribution in [0.5, 0.6) is 5.75 Å². The lowest BCUT2D eigenvalue weighted by Crippen LogP contribution is -2.31. The molecule has 13 heteroatoms. The highest BCUT2D eigenvalue weighted by molar-refractivity contribution is 5.54. The molecule has 0 aromatic heterocycles. The Labute approximate surface area is 244 Å². The summed E-state index contributed by atoms with van der Waals surface area (Å²) < 4.78 is 140. The van der Waals surface area contributed by atoms with Crippen LogP contribution >= 0.6 is 0 Å². The van der Waals surface area contributed by atoms with Crippen LogP contribution in [-0.2, 0) is 31.7 Å². The Morgan fingerprint density at radius 3 is 1.89 bits per heavy atom. The van der Waals surface area contributed by atoms with E-state index in [9.17, 15) is 49.0 Å². The van der Waals surface area contributed by atoms with Crippen molar-refractivity contribution < 1.29 is 53.7 Å². The fraction of sp³-hybridized carbons (Fsp3) is 0.226. The number of hydrogen-bond acceptors (Lipinski definition) is 3. The SMILES string of the molecule is OCC(c1cccc(C(F)(F)F)c1)N(Cc1cc(C(F)(F)F)ccc1F)c1cccc(OCc2cccc(C(F)(F)F)c2)c1. The van der Waals surface area contributed by atoms with Crippen molar-refractivity contribution in [2.45, 2.75) is 37.7 Å². The molecule has 44 heavy (non-hydrogen) atoms. The summed E-state index contributed by atoms with van der Waals surface area (Å²) in [6.07, 6.45) is -14.1. The number of halogens is 10. The van der Waals surface area contributed by atoms with Crippen LogP contribution < -0.4 is 9.64 Å². The molecule has 0 aliphatic rings. The van der Waals surface area contributed by atoms with Crippen molar-refractivity contribution in [3.63, 3.8) is 0 Å². The van der Waals surface area contributed by atoms with Gasteiger partial charge in [-0.1, -0.05) is 30.3 Å². The van der Waals surface area contributed by atoms with Crippen molar-refractivity contribution in [3.05, 3.63) is 130 Å². The fourth-order valence-electron chi connectivity index (χ4n) is 4.50. The molecule has 1 unspecified atom stereocenters. The van der Waals surface area contributed by atoms with E-state index < -0.39 is 65.8 Å². The Morgan fingerprint density at radius 1 is 0.659 bits per heavy atom. The standard InChI is InChI=1S/C31H23F10NO2/c32-27-11-10-24(31(39,40)41)14-21(27)16-42(28(17-43)20-5-2-7-23(13-20)30(36,37)38)25-8-3-9-26(15-25)44-18-19-4-1-6-22(12-19)29(33,34)35/h1-15,28,43H,16-18H2. The Hall–Kier alpha value is -4.26. The van der Waals surface area contributed by atoms with Gasteiger partial charge in [-0.3, -0.25) is 0 Å². The van der Waals surface area contributed by atoms with Gasteiger partial charge in [0.2, 0.25) is 0 Å². The number of ether oxygens (including phenoxy) is 1. The molecule has 0 radical (unpaired) electrons. The van der Waals surface area contributed by atoms with E-state index in [-0.39, 0.29) is 29.2 Å². The van der Waals surface area contributed by atoms with Gasteiger partial charge in [0.05, 0.1) is 29.3 Å². The molecule has 234 valence electrons. The molecule has 4 aromatic rings. The molecule has 0 spiro atoms. The molecule has 1 N–H and O–H groups in total. The zero-order valence-corrected chi connectivity index (χ0v) is 22.4. The second-order valence-corrected chi connectivity index (χ2v) is 9.74. The van der Waals surface area contributed by atoms with Crippen LogP contribution in [0.25, 0.3) is 0 Å². The zero-order valence-electron chi connectivity index (χ0n) is 22.4. The van der Waals surface area contributed by atoms with E-state index in [0.29, 0.717) is 18.2 Å². The molecule has 0 amide bonds. The summed E-state index contributed by atoms with van der Waals surface area (Å²) >= 11 is 0. The van der Waals surface area contributed by atoms with E-state index in [1.165, 1.54) is 47.4 Å². The van der Waals surface area contributed by atoms with Crippen LogP contribution in [0.4, 0.5) is 49.6 Å². The molecule has 0 saturated heterocycles. The van der Waals surface area contributed by atoms with Crippen LogP contribution in [0.15, 0.2) is 91.0 Å². The average Bonchev–Trinajstić information content (AvgIpc) is 2.96. The normalized spacial score (nSPS) is 13.1. The Morgan fingerprint density at radius 2 is 1.25 bits per heavy atom. The lowest BCUT2D eigenvalue weighted by molar-refractivity contribution is -0.138. The van der Waals surface area contributed by atoms with Gasteiger partial charge < -0.3 is 14.7 Å². The molecular weight excluding hydrogens is 608 g/mol. The van der Waals surface area contributed by atoms with Gasteiger partial charge in [0, 0.05) is 23.9 Å². The molecule has 0 heterocycles. The Bertz CT molecular complexity index is 1580. The third-order valence-corrected chi connectivity index (χ3v) is 6.67. The van der Waals surface area contributed by atoms with Crippen molar-refractivity contribution in [2.24, 2.45) is 0 Å². The number of nitrogens with zero attached hydrogens (tertiary/aromatic N) is 1. The molecule has 0 fully saturated rings. The van der Waals surface area contributed by atoms with Crippen molar-refractivity contribution in [2.75, 3.05) is 11.5 Å². The van der Waals surface area contributed by atoms with Gasteiger partial charge in [-0.25, -0.2) is 4.39 Å². The van der Waals surface area contributed by atoms with Gasteiger partial charge in [0.25, 0.3) is 0 Å². The van der Waals surface area contributed by atoms with Gasteiger partial charge in [-0.05, 0) is 65.7 Å². The maximum atomic E-state index is 14.8. The number of aliphatic hydroxyl groups is 1. The maximum absolute atomic E-state index is 14.8. The minimum Gasteiger partial charge on any atom is -0.489 e. The van der Waals surface area contributed by atoms with E-state index in [1.807, 2.05) is 0 Å². The first-order valence-electron chi connectivity index (χ1n) is 12.9. The van der Waals surface area contributed by atoms with Gasteiger partial charge in [0.1, 0.15) is 18.2 Å². The maximum Gasteiger partial charge on any atom is 0.416 e. The summed E-state index contributed by atoms with van der Waals surface area (Å²) in [6.45, 7) is -1.75. The van der Waals surface area contributed by atoms with Crippen molar-refractivity contribution in [1.29, 1.82) is 0 Å². The molecule has 1 atom stereocenters. The lowest BCUT2D eigenvalue weighted by Gasteiger charge is -2.34. The highest BCUT2D eigenvalue weighted by Crippen LogP contribution is 2.37. The van der Waals surface area contributed by atoms with Gasteiger partial charge in [-0.15, -0.1) is 0 Å². The predicted octanol–water partition coefficient (Wildman–Crippen LogP) is 9.20. The third-order valence-electron chi connectivity index (χ3n) is 6.67. The summed E-state index contributed by atoms with van der Waals surface area (Å²) in [7, 11) is 0. The summed E-state index contributed by atoms with van der Waals surface area (Å²) in [4.78, 5) is 1.21. The highest BCUT2D eigenvalue weighted by atomic mass is 19.4. The topological polar surface area (TPSA) is 32.7 Å². The summed E-state index contributed by atoms with van der Waals surface area (Å²) in [5.74, 6) is -0.948. The smallest absolute Gasteiger partial charge is 0.416 e. The zero-order chi connectivity index (χ0) is 32.3. The second kappa shape index (κ2) is 12.8. The minimum absolute atomic E-state index is 0.0648. The number of hydrogen-bond donors (Lipinski definition) is 1. The van der Waals surface area contributed by atoms with Crippen molar-refractivity contribution in [1.82, 2.24) is 0 Å². The van der Waals surface area contributed by atoms with Gasteiger partial charge in [-0.2, -0.15) is 39.5 Å². The number of benzene rings is 4. The summed E-state index contributed by atoms with van der Waals surface area (Å²) in [5, 5.41) is 10.3. The average molecular weight is 632 g/mol. The third kappa shape index (κ3) is 8.01. The van der Waals surface area contributed by atoms with E-state index in [2.05, 4.69) is 0 Å². The molecule has 0 aliphatic heterocycles. The lowest BCUT2D eigenvalue weighted by atomic mass is 10.0. The van der Waals surface area contributed by atoms with Crippen LogP contribution in [-0.4, -0.2) is 11.7 Å². The van der Waals surface area contributed by atoms with E-state index in [0.717, 1.165) is 30.3 Å². The van der Waals surface area contributed by atoms with E-state index >= 15 is 0 Å². The number of anilines is 1. The largest absolute Gasteiger partial charge is 0.489 e. The van der Waals surface area contributed by atoms with Crippen LogP contribution in [0.2, 0.25) is 0 Å². The number of rotatable bonds is 9. The first-order valence-corrected chi connectivity index (χ1v) is 12.9. The molecule has 3 nitrogen and oxygen atoms in total. The quantitative estimate of drug-likeness (QED) is 0.187. The molecule has 0 saturated carbocycles. The number of alkyl halides is 9. The van der Waals surface area contributed by atoms with Crippen LogP contribution in [0, 0.1) is 5.82 Å². The Balaban J connectivity index is 1.73. The first kappa shape index (κ1) is 32.6. The number of aliphatic hydroxyl groups excluding tert-OH is 1. The molecule has 4 aromatic carbocycles. The fourth-order valence-corrected chi connectivity index (χ4v) is 4.50. The highest BCUT2D eigenvalue weighted by Gasteiger charge is 2.34. The van der Waals surface area contributed by atoms with E-state index in [4.69, 9.17) is 4.74 Å². The van der Waals surface area contributed by atoms with E-state index in [1.54, 1.807) is 0 Å². The van der Waals surface area contributed by atoms with Gasteiger partial charge in [0.15, 0.2) is 0 Å². The summed E-state index contributed by atoms with van der Waals surface area (Å²) in [6, 6.07) is 14.3. The molecular formula is C31H23F10NO2.